The van der Waals surface area contributed by atoms with Crippen LogP contribution in [0.5, 0.6) is 0 Å². The predicted octanol–water partition coefficient (Wildman–Crippen LogP) is 2.72. The molecule has 0 aliphatic carbocycles. The smallest absolute Gasteiger partial charge is 0.314 e. The summed E-state index contributed by atoms with van der Waals surface area (Å²) in [5.41, 5.74) is 0.636. The summed E-state index contributed by atoms with van der Waals surface area (Å²) in [7, 11) is 1.62. The number of nitrogens with one attached hydrogen (secondary N) is 2. The Morgan fingerprint density at radius 1 is 1.22 bits per heavy atom. The molecule has 0 saturated carbocycles. The van der Waals surface area contributed by atoms with Gasteiger partial charge in [0.2, 0.25) is 0 Å². The molecule has 2 unspecified atom stereocenters. The molecule has 5 heteroatoms. The summed E-state index contributed by atoms with van der Waals surface area (Å²) >= 11 is 0. The first-order valence-electron chi connectivity index (χ1n) is 8.05. The number of carbonyl (C=O) groups is 1. The zero-order valence-electron chi connectivity index (χ0n) is 14.8. The highest BCUT2D eigenvalue weighted by molar-refractivity contribution is 5.73. The van der Waals surface area contributed by atoms with Crippen molar-refractivity contribution in [3.05, 3.63) is 35.9 Å². The molecule has 0 aromatic heterocycles. The van der Waals surface area contributed by atoms with Crippen molar-refractivity contribution in [1.29, 1.82) is 0 Å². The number of amides is 2. The van der Waals surface area contributed by atoms with Crippen molar-refractivity contribution in [1.82, 2.24) is 10.6 Å². The third kappa shape index (κ3) is 6.20. The third-order valence-electron chi connectivity index (χ3n) is 4.04. The number of ether oxygens (including phenoxy) is 1. The van der Waals surface area contributed by atoms with Gasteiger partial charge in [-0.25, -0.2) is 4.79 Å². The molecular weight excluding hydrogens is 292 g/mol. The molecule has 3 N–H and O–H groups in total. The second kappa shape index (κ2) is 8.89. The average Bonchev–Trinajstić information content (AvgIpc) is 2.53. The Kier molecular flexibility index (Phi) is 7.52. The van der Waals surface area contributed by atoms with Crippen LogP contribution in [0.3, 0.4) is 0 Å². The van der Waals surface area contributed by atoms with Crippen molar-refractivity contribution in [2.45, 2.75) is 39.9 Å². The number of aliphatic hydroxyl groups is 1. The van der Waals surface area contributed by atoms with Gasteiger partial charge in [0.25, 0.3) is 0 Å². The standard InChI is InChI=1S/C18H30N2O3/c1-13(2)16(21)18(3,4)12-20-17(22)19-11-15(23-5)14-9-7-6-8-10-14/h6-10,13,15-16,21H,11-12H2,1-5H3,(H2,19,20,22). The van der Waals surface area contributed by atoms with E-state index < -0.39 is 6.10 Å². The molecule has 0 aliphatic rings. The van der Waals surface area contributed by atoms with Crippen molar-refractivity contribution < 1.29 is 14.6 Å². The second-order valence-corrected chi connectivity index (χ2v) is 6.88. The lowest BCUT2D eigenvalue weighted by Gasteiger charge is -2.33. The molecule has 5 nitrogen and oxygen atoms in total. The third-order valence-corrected chi connectivity index (χ3v) is 4.04. The van der Waals surface area contributed by atoms with E-state index in [0.29, 0.717) is 13.1 Å². The van der Waals surface area contributed by atoms with Crippen molar-refractivity contribution in [2.24, 2.45) is 11.3 Å². The van der Waals surface area contributed by atoms with E-state index in [9.17, 15) is 9.90 Å². The number of aliphatic hydroxyl groups excluding tert-OH is 1. The Balaban J connectivity index is 2.45. The lowest BCUT2D eigenvalue weighted by Crippen LogP contribution is -2.47. The van der Waals surface area contributed by atoms with Gasteiger partial charge >= 0.3 is 6.03 Å². The van der Waals surface area contributed by atoms with Crippen LogP contribution in [0.1, 0.15) is 39.4 Å². The van der Waals surface area contributed by atoms with Gasteiger partial charge in [0.15, 0.2) is 0 Å². The van der Waals surface area contributed by atoms with E-state index >= 15 is 0 Å². The van der Waals surface area contributed by atoms with Gasteiger partial charge in [0, 0.05) is 25.6 Å². The summed E-state index contributed by atoms with van der Waals surface area (Å²) in [5, 5.41) is 15.8. The molecule has 0 radical (unpaired) electrons. The number of benzene rings is 1. The first kappa shape index (κ1) is 19.5. The van der Waals surface area contributed by atoms with Gasteiger partial charge in [-0.15, -0.1) is 0 Å². The lowest BCUT2D eigenvalue weighted by molar-refractivity contribution is 0.0150. The lowest BCUT2D eigenvalue weighted by atomic mass is 9.81. The summed E-state index contributed by atoms with van der Waals surface area (Å²) in [5.74, 6) is 0.144. The van der Waals surface area contributed by atoms with E-state index in [4.69, 9.17) is 4.74 Å². The maximum Gasteiger partial charge on any atom is 0.314 e. The largest absolute Gasteiger partial charge is 0.392 e. The minimum atomic E-state index is -0.473. The number of rotatable bonds is 8. The van der Waals surface area contributed by atoms with Crippen molar-refractivity contribution in [2.75, 3.05) is 20.2 Å². The number of urea groups is 1. The summed E-state index contributed by atoms with van der Waals surface area (Å²) in [6.07, 6.45) is -0.657. The normalized spacial score (nSPS) is 14.4. The van der Waals surface area contributed by atoms with Crippen LogP contribution in [-0.4, -0.2) is 37.4 Å². The van der Waals surface area contributed by atoms with Gasteiger partial charge in [-0.05, 0) is 11.5 Å². The van der Waals surface area contributed by atoms with Crippen LogP contribution < -0.4 is 10.6 Å². The Labute approximate surface area is 139 Å². The molecule has 0 saturated heterocycles. The fraction of sp³-hybridized carbons (Fsp3) is 0.611. The SMILES string of the molecule is COC(CNC(=O)NCC(C)(C)C(O)C(C)C)c1ccccc1. The van der Waals surface area contributed by atoms with E-state index in [-0.39, 0.29) is 23.5 Å². The maximum atomic E-state index is 12.0. The highest BCUT2D eigenvalue weighted by Gasteiger charge is 2.30. The summed E-state index contributed by atoms with van der Waals surface area (Å²) in [6, 6.07) is 9.51. The molecule has 0 spiro atoms. The Bertz CT molecular complexity index is 474. The topological polar surface area (TPSA) is 70.6 Å². The van der Waals surface area contributed by atoms with Gasteiger partial charge < -0.3 is 20.5 Å². The zero-order valence-corrected chi connectivity index (χ0v) is 14.8. The van der Waals surface area contributed by atoms with E-state index in [1.807, 2.05) is 58.0 Å². The molecule has 0 aliphatic heterocycles. The molecule has 0 heterocycles. The minimum absolute atomic E-state index is 0.144. The van der Waals surface area contributed by atoms with Gasteiger partial charge in [-0.2, -0.15) is 0 Å². The first-order valence-corrected chi connectivity index (χ1v) is 8.05. The van der Waals surface area contributed by atoms with Crippen molar-refractivity contribution >= 4 is 6.03 Å². The maximum absolute atomic E-state index is 12.0. The monoisotopic (exact) mass is 322 g/mol. The number of methoxy groups -OCH3 is 1. The van der Waals surface area contributed by atoms with E-state index in [0.717, 1.165) is 5.56 Å². The number of hydrogen-bond donors (Lipinski definition) is 3. The zero-order chi connectivity index (χ0) is 17.5. The Morgan fingerprint density at radius 3 is 2.35 bits per heavy atom. The number of carbonyl (C=O) groups excluding carboxylic acids is 1. The molecule has 1 aromatic carbocycles. The van der Waals surface area contributed by atoms with Gasteiger partial charge in [-0.1, -0.05) is 58.0 Å². The highest BCUT2D eigenvalue weighted by atomic mass is 16.5. The molecule has 23 heavy (non-hydrogen) atoms. The Morgan fingerprint density at radius 2 is 1.83 bits per heavy atom. The fourth-order valence-corrected chi connectivity index (χ4v) is 2.57. The quantitative estimate of drug-likeness (QED) is 0.689. The predicted molar refractivity (Wildman–Crippen MR) is 92.2 cm³/mol. The number of hydrogen-bond acceptors (Lipinski definition) is 3. The second-order valence-electron chi connectivity index (χ2n) is 6.88. The summed E-state index contributed by atoms with van der Waals surface area (Å²) < 4.78 is 5.42. The highest BCUT2D eigenvalue weighted by Crippen LogP contribution is 2.25. The van der Waals surface area contributed by atoms with Gasteiger partial charge in [0.1, 0.15) is 0 Å². The van der Waals surface area contributed by atoms with Crippen LogP contribution in [0, 0.1) is 11.3 Å². The molecule has 2 atom stereocenters. The summed E-state index contributed by atoms with van der Waals surface area (Å²) in [4.78, 5) is 12.0. The van der Waals surface area contributed by atoms with Crippen molar-refractivity contribution in [3.63, 3.8) is 0 Å². The summed E-state index contributed by atoms with van der Waals surface area (Å²) in [6.45, 7) is 8.62. The molecule has 1 aromatic rings. The van der Waals surface area contributed by atoms with E-state index in [2.05, 4.69) is 10.6 Å². The Hall–Kier alpha value is -1.59. The first-order chi connectivity index (χ1) is 10.8. The fourth-order valence-electron chi connectivity index (χ4n) is 2.57. The van der Waals surface area contributed by atoms with Crippen LogP contribution >= 0.6 is 0 Å². The van der Waals surface area contributed by atoms with E-state index in [1.165, 1.54) is 0 Å². The molecule has 130 valence electrons. The van der Waals surface area contributed by atoms with Gasteiger partial charge in [-0.3, -0.25) is 0 Å². The van der Waals surface area contributed by atoms with E-state index in [1.54, 1.807) is 7.11 Å². The average molecular weight is 322 g/mol. The van der Waals surface area contributed by atoms with Crippen LogP contribution in [0.25, 0.3) is 0 Å². The molecule has 1 rings (SSSR count). The molecule has 0 fully saturated rings. The van der Waals surface area contributed by atoms with Crippen LogP contribution in [0.2, 0.25) is 0 Å². The molecular formula is C18H30N2O3. The molecule has 0 bridgehead atoms. The van der Waals surface area contributed by atoms with Gasteiger partial charge in [0.05, 0.1) is 12.2 Å². The van der Waals surface area contributed by atoms with Crippen LogP contribution in [0.15, 0.2) is 30.3 Å². The van der Waals surface area contributed by atoms with Crippen LogP contribution in [0.4, 0.5) is 4.79 Å². The molecule has 2 amide bonds. The van der Waals surface area contributed by atoms with Crippen LogP contribution in [-0.2, 0) is 4.74 Å². The van der Waals surface area contributed by atoms with Crippen molar-refractivity contribution in [3.8, 4) is 0 Å². The minimum Gasteiger partial charge on any atom is -0.392 e.